The molecule has 0 radical (unpaired) electrons. The lowest BCUT2D eigenvalue weighted by atomic mass is 9.94. The molecular formula is C16H24ClFN2O. The molecule has 2 rings (SSSR count). The number of hydrogen-bond donors (Lipinski definition) is 1. The van der Waals surface area contributed by atoms with E-state index in [1.165, 1.54) is 12.1 Å². The van der Waals surface area contributed by atoms with Crippen molar-refractivity contribution < 1.29 is 9.18 Å². The number of likely N-dealkylation sites (tertiary alicyclic amines) is 1. The van der Waals surface area contributed by atoms with Crippen LogP contribution in [0.15, 0.2) is 24.3 Å². The zero-order chi connectivity index (χ0) is 14.9. The van der Waals surface area contributed by atoms with Crippen molar-refractivity contribution in [2.24, 2.45) is 17.6 Å². The van der Waals surface area contributed by atoms with Gasteiger partial charge in [-0.2, -0.15) is 0 Å². The van der Waals surface area contributed by atoms with Crippen LogP contribution in [-0.2, 0) is 4.79 Å². The van der Waals surface area contributed by atoms with E-state index < -0.39 is 0 Å². The molecule has 1 fully saturated rings. The number of halogens is 2. The molecule has 1 saturated heterocycles. The van der Waals surface area contributed by atoms with E-state index in [9.17, 15) is 9.18 Å². The van der Waals surface area contributed by atoms with Crippen molar-refractivity contribution in [2.75, 3.05) is 6.54 Å². The molecule has 0 aromatic heterocycles. The monoisotopic (exact) mass is 314 g/mol. The van der Waals surface area contributed by atoms with Gasteiger partial charge < -0.3 is 10.6 Å². The summed E-state index contributed by atoms with van der Waals surface area (Å²) in [5.74, 6) is -0.0646. The second-order valence-electron chi connectivity index (χ2n) is 5.95. The number of amides is 1. The Hall–Kier alpha value is -1.13. The molecule has 3 nitrogen and oxygen atoms in total. The van der Waals surface area contributed by atoms with Crippen LogP contribution >= 0.6 is 12.4 Å². The Labute approximate surface area is 132 Å². The topological polar surface area (TPSA) is 46.3 Å². The molecule has 118 valence electrons. The van der Waals surface area contributed by atoms with Gasteiger partial charge >= 0.3 is 0 Å². The smallest absolute Gasteiger partial charge is 0.227 e. The first-order valence-electron chi connectivity index (χ1n) is 7.23. The molecule has 1 amide bonds. The Kier molecular flexibility index (Phi) is 6.17. The maximum Gasteiger partial charge on any atom is 0.227 e. The summed E-state index contributed by atoms with van der Waals surface area (Å²) in [6, 6.07) is 6.34. The molecule has 2 N–H and O–H groups in total. The lowest BCUT2D eigenvalue weighted by Gasteiger charge is -2.31. The van der Waals surface area contributed by atoms with Crippen LogP contribution in [0.2, 0.25) is 0 Å². The zero-order valence-electron chi connectivity index (χ0n) is 12.8. The number of hydrogen-bond acceptors (Lipinski definition) is 2. The largest absolute Gasteiger partial charge is 0.335 e. The fraction of sp³-hybridized carbons (Fsp3) is 0.562. The lowest BCUT2D eigenvalue weighted by molar-refractivity contribution is -0.136. The van der Waals surface area contributed by atoms with Crippen molar-refractivity contribution in [1.82, 2.24) is 4.90 Å². The standard InChI is InChI=1S/C16H23FN2O.ClH/c1-10-7-8-19(16(20)11(2)12(3)18)15(10)13-5-4-6-14(17)9-13;/h4-6,9-12,15H,7-8,18H2,1-3H3;1H. The molecule has 1 aromatic carbocycles. The number of benzene rings is 1. The fourth-order valence-corrected chi connectivity index (χ4v) is 2.88. The van der Waals surface area contributed by atoms with Gasteiger partial charge in [-0.25, -0.2) is 4.39 Å². The van der Waals surface area contributed by atoms with E-state index in [0.717, 1.165) is 18.5 Å². The third-order valence-corrected chi connectivity index (χ3v) is 4.35. The van der Waals surface area contributed by atoms with Crippen molar-refractivity contribution in [1.29, 1.82) is 0 Å². The van der Waals surface area contributed by atoms with E-state index in [0.29, 0.717) is 5.92 Å². The molecule has 1 aliphatic rings. The molecule has 21 heavy (non-hydrogen) atoms. The number of nitrogens with zero attached hydrogens (tertiary/aromatic N) is 1. The summed E-state index contributed by atoms with van der Waals surface area (Å²) in [5, 5.41) is 0. The van der Waals surface area contributed by atoms with Gasteiger partial charge in [-0.3, -0.25) is 4.79 Å². The van der Waals surface area contributed by atoms with Gasteiger partial charge in [0.25, 0.3) is 0 Å². The Balaban J connectivity index is 0.00000220. The average Bonchev–Trinajstić information content (AvgIpc) is 2.78. The Morgan fingerprint density at radius 2 is 2.10 bits per heavy atom. The summed E-state index contributed by atoms with van der Waals surface area (Å²) >= 11 is 0. The van der Waals surface area contributed by atoms with Crippen LogP contribution in [0.3, 0.4) is 0 Å². The van der Waals surface area contributed by atoms with Crippen LogP contribution in [0.5, 0.6) is 0 Å². The second kappa shape index (κ2) is 7.23. The van der Waals surface area contributed by atoms with Crippen LogP contribution in [0.1, 0.15) is 38.8 Å². The minimum atomic E-state index is -0.255. The van der Waals surface area contributed by atoms with Gasteiger partial charge in [0.2, 0.25) is 5.91 Å². The highest BCUT2D eigenvalue weighted by molar-refractivity contribution is 5.85. The maximum atomic E-state index is 13.4. The van der Waals surface area contributed by atoms with Crippen LogP contribution < -0.4 is 5.73 Å². The summed E-state index contributed by atoms with van der Waals surface area (Å²) in [6.45, 7) is 6.54. The lowest BCUT2D eigenvalue weighted by Crippen LogP contribution is -2.41. The van der Waals surface area contributed by atoms with Gasteiger partial charge in [-0.05, 0) is 37.0 Å². The highest BCUT2D eigenvalue weighted by Gasteiger charge is 2.37. The molecule has 0 spiro atoms. The van der Waals surface area contributed by atoms with Gasteiger partial charge in [0.15, 0.2) is 0 Å². The molecule has 5 heteroatoms. The number of carbonyl (C=O) groups excluding carboxylic acids is 1. The molecule has 4 unspecified atom stereocenters. The van der Waals surface area contributed by atoms with Crippen molar-refractivity contribution in [3.05, 3.63) is 35.6 Å². The first kappa shape index (κ1) is 17.9. The SMILES string of the molecule is CC(N)C(C)C(=O)N1CCC(C)C1c1cccc(F)c1.Cl. The van der Waals surface area contributed by atoms with E-state index >= 15 is 0 Å². The molecule has 1 aliphatic heterocycles. The van der Waals surface area contributed by atoms with Crippen LogP contribution in [0.4, 0.5) is 4.39 Å². The highest BCUT2D eigenvalue weighted by Crippen LogP contribution is 2.38. The molecule has 0 aliphatic carbocycles. The predicted molar refractivity (Wildman–Crippen MR) is 84.7 cm³/mol. The maximum absolute atomic E-state index is 13.4. The molecule has 1 heterocycles. The van der Waals surface area contributed by atoms with Crippen molar-refractivity contribution in [3.8, 4) is 0 Å². The van der Waals surface area contributed by atoms with Gasteiger partial charge in [0.1, 0.15) is 5.82 Å². The molecule has 1 aromatic rings. The van der Waals surface area contributed by atoms with Gasteiger partial charge in [-0.1, -0.05) is 26.0 Å². The predicted octanol–water partition coefficient (Wildman–Crippen LogP) is 3.14. The van der Waals surface area contributed by atoms with Crippen LogP contribution in [0.25, 0.3) is 0 Å². The van der Waals surface area contributed by atoms with Crippen LogP contribution in [0, 0.1) is 17.7 Å². The van der Waals surface area contributed by atoms with Gasteiger partial charge in [0.05, 0.1) is 12.0 Å². The average molecular weight is 315 g/mol. The van der Waals surface area contributed by atoms with Crippen LogP contribution in [-0.4, -0.2) is 23.4 Å². The van der Waals surface area contributed by atoms with Crippen molar-refractivity contribution in [3.63, 3.8) is 0 Å². The molecule has 0 saturated carbocycles. The molecule has 4 atom stereocenters. The number of nitrogens with two attached hydrogens (primary N) is 1. The number of carbonyl (C=O) groups is 1. The third-order valence-electron chi connectivity index (χ3n) is 4.35. The van der Waals surface area contributed by atoms with Gasteiger partial charge in [0, 0.05) is 12.6 Å². The Morgan fingerprint density at radius 3 is 2.67 bits per heavy atom. The zero-order valence-corrected chi connectivity index (χ0v) is 13.6. The minimum Gasteiger partial charge on any atom is -0.335 e. The fourth-order valence-electron chi connectivity index (χ4n) is 2.88. The molecule has 0 bridgehead atoms. The van der Waals surface area contributed by atoms with Crippen molar-refractivity contribution in [2.45, 2.75) is 39.3 Å². The highest BCUT2D eigenvalue weighted by atomic mass is 35.5. The minimum absolute atomic E-state index is 0. The van der Waals surface area contributed by atoms with E-state index in [2.05, 4.69) is 6.92 Å². The normalized spacial score (nSPS) is 24.3. The second-order valence-corrected chi connectivity index (χ2v) is 5.95. The van der Waals surface area contributed by atoms with E-state index in [1.807, 2.05) is 24.8 Å². The Morgan fingerprint density at radius 1 is 1.43 bits per heavy atom. The quantitative estimate of drug-likeness (QED) is 0.931. The molecular weight excluding hydrogens is 291 g/mol. The van der Waals surface area contributed by atoms with E-state index in [1.54, 1.807) is 6.07 Å². The first-order chi connectivity index (χ1) is 9.41. The third kappa shape index (κ3) is 3.74. The summed E-state index contributed by atoms with van der Waals surface area (Å²) in [6.07, 6.45) is 0.943. The van der Waals surface area contributed by atoms with Gasteiger partial charge in [-0.15, -0.1) is 12.4 Å². The van der Waals surface area contributed by atoms with E-state index in [4.69, 9.17) is 5.73 Å². The van der Waals surface area contributed by atoms with Crippen molar-refractivity contribution >= 4 is 18.3 Å². The summed E-state index contributed by atoms with van der Waals surface area (Å²) in [4.78, 5) is 14.4. The Bertz CT molecular complexity index is 495. The summed E-state index contributed by atoms with van der Waals surface area (Å²) in [7, 11) is 0. The first-order valence-corrected chi connectivity index (χ1v) is 7.23. The van der Waals surface area contributed by atoms with E-state index in [-0.39, 0.29) is 42.1 Å². The summed E-state index contributed by atoms with van der Waals surface area (Å²) < 4.78 is 13.4. The number of rotatable bonds is 3. The summed E-state index contributed by atoms with van der Waals surface area (Å²) in [5.41, 5.74) is 6.72.